The van der Waals surface area contributed by atoms with E-state index in [-0.39, 0.29) is 0 Å². The molecule has 82 valence electrons. The van der Waals surface area contributed by atoms with Gasteiger partial charge in [-0.3, -0.25) is 0 Å². The number of aryl methyl sites for hydroxylation is 2. The first-order valence-electron chi connectivity index (χ1n) is 5.66. The molecule has 1 aliphatic carbocycles. The highest BCUT2D eigenvalue weighted by Crippen LogP contribution is 2.24. The van der Waals surface area contributed by atoms with Crippen LogP contribution in [0, 0.1) is 0 Å². The molecule has 0 fully saturated rings. The molecule has 1 aromatic carbocycles. The number of nitrogens with zero attached hydrogens (tertiary/aromatic N) is 1. The largest absolute Gasteiger partial charge is 0.342 e. The summed E-state index contributed by atoms with van der Waals surface area (Å²) >= 11 is 3.44. The zero-order valence-corrected chi connectivity index (χ0v) is 10.5. The second-order valence-electron chi connectivity index (χ2n) is 4.22. The number of halogens is 1. The van der Waals surface area contributed by atoms with E-state index in [2.05, 4.69) is 50.2 Å². The van der Waals surface area contributed by atoms with Crippen LogP contribution in [0.1, 0.15) is 24.2 Å². The van der Waals surface area contributed by atoms with Crippen LogP contribution in [-0.2, 0) is 12.8 Å². The third-order valence-electron chi connectivity index (χ3n) is 3.07. The van der Waals surface area contributed by atoms with Gasteiger partial charge in [0.15, 0.2) is 0 Å². The highest BCUT2D eigenvalue weighted by Gasteiger charge is 2.14. The van der Waals surface area contributed by atoms with E-state index in [1.165, 1.54) is 24.2 Å². The highest BCUT2D eigenvalue weighted by atomic mass is 79.9. The van der Waals surface area contributed by atoms with Crippen LogP contribution < -0.4 is 0 Å². The fourth-order valence-electron chi connectivity index (χ4n) is 2.20. The second kappa shape index (κ2) is 4.06. The normalized spacial score (nSPS) is 14.8. The second-order valence-corrected chi connectivity index (χ2v) is 5.14. The van der Waals surface area contributed by atoms with Crippen molar-refractivity contribution >= 4 is 15.9 Å². The maximum atomic E-state index is 4.68. The molecule has 0 unspecified atom stereocenters. The quantitative estimate of drug-likeness (QED) is 0.845. The number of nitrogens with one attached hydrogen (secondary N) is 1. The molecule has 16 heavy (non-hydrogen) atoms. The van der Waals surface area contributed by atoms with Crippen LogP contribution in [0.4, 0.5) is 0 Å². The third-order valence-corrected chi connectivity index (χ3v) is 3.60. The number of fused-ring (bicyclic) bond motifs is 1. The van der Waals surface area contributed by atoms with Crippen molar-refractivity contribution in [3.63, 3.8) is 0 Å². The number of aromatic amines is 1. The van der Waals surface area contributed by atoms with Gasteiger partial charge in [-0.05, 0) is 37.8 Å². The average Bonchev–Trinajstić information content (AvgIpc) is 2.73. The van der Waals surface area contributed by atoms with Crippen molar-refractivity contribution in [1.82, 2.24) is 9.97 Å². The maximum absolute atomic E-state index is 4.68. The van der Waals surface area contributed by atoms with Crippen molar-refractivity contribution in [2.75, 3.05) is 0 Å². The molecule has 1 aliphatic rings. The van der Waals surface area contributed by atoms with Crippen molar-refractivity contribution < 1.29 is 0 Å². The predicted octanol–water partition coefficient (Wildman–Crippen LogP) is 3.72. The number of hydrogen-bond acceptors (Lipinski definition) is 1. The summed E-state index contributed by atoms with van der Waals surface area (Å²) in [4.78, 5) is 8.12. The van der Waals surface area contributed by atoms with Gasteiger partial charge in [0.1, 0.15) is 5.82 Å². The lowest BCUT2D eigenvalue weighted by atomic mass is 10.0. The number of hydrogen-bond donors (Lipinski definition) is 1. The van der Waals surface area contributed by atoms with E-state index in [4.69, 9.17) is 0 Å². The highest BCUT2D eigenvalue weighted by molar-refractivity contribution is 9.10. The minimum atomic E-state index is 1.01. The van der Waals surface area contributed by atoms with E-state index >= 15 is 0 Å². The molecule has 3 rings (SSSR count). The lowest BCUT2D eigenvalue weighted by Gasteiger charge is -2.07. The van der Waals surface area contributed by atoms with Gasteiger partial charge in [0.25, 0.3) is 0 Å². The number of imidazole rings is 1. The summed E-state index contributed by atoms with van der Waals surface area (Å²) in [6.45, 7) is 0. The van der Waals surface area contributed by atoms with E-state index < -0.39 is 0 Å². The van der Waals surface area contributed by atoms with E-state index in [0.717, 1.165) is 28.7 Å². The molecule has 3 heteroatoms. The van der Waals surface area contributed by atoms with Gasteiger partial charge in [-0.2, -0.15) is 0 Å². The Morgan fingerprint density at radius 1 is 1.06 bits per heavy atom. The van der Waals surface area contributed by atoms with Crippen LogP contribution in [-0.4, -0.2) is 9.97 Å². The summed E-state index contributed by atoms with van der Waals surface area (Å²) in [7, 11) is 0. The summed E-state index contributed by atoms with van der Waals surface area (Å²) in [6, 6.07) is 8.29. The van der Waals surface area contributed by atoms with Crippen LogP contribution in [0.5, 0.6) is 0 Å². The summed E-state index contributed by atoms with van der Waals surface area (Å²) in [5.41, 5.74) is 3.77. The number of rotatable bonds is 1. The summed E-state index contributed by atoms with van der Waals surface area (Å²) in [5.74, 6) is 1.01. The fourth-order valence-corrected chi connectivity index (χ4v) is 2.46. The summed E-state index contributed by atoms with van der Waals surface area (Å²) in [5, 5.41) is 0. The molecule has 2 aromatic rings. The van der Waals surface area contributed by atoms with E-state index in [0.29, 0.717) is 0 Å². The molecule has 0 bridgehead atoms. The average molecular weight is 277 g/mol. The van der Waals surface area contributed by atoms with Gasteiger partial charge in [0.2, 0.25) is 0 Å². The van der Waals surface area contributed by atoms with Gasteiger partial charge in [-0.15, -0.1) is 0 Å². The molecule has 0 saturated carbocycles. The smallest absolute Gasteiger partial charge is 0.137 e. The lowest BCUT2D eigenvalue weighted by molar-refractivity contribution is 0.667. The van der Waals surface area contributed by atoms with Crippen molar-refractivity contribution in [2.45, 2.75) is 25.7 Å². The maximum Gasteiger partial charge on any atom is 0.137 e. The van der Waals surface area contributed by atoms with Gasteiger partial charge < -0.3 is 4.98 Å². The number of aromatic nitrogens is 2. The monoisotopic (exact) mass is 276 g/mol. The van der Waals surface area contributed by atoms with Gasteiger partial charge >= 0.3 is 0 Å². The SMILES string of the molecule is Brc1ccc(-c2nc3c([nH]2)CCCC3)cc1. The van der Waals surface area contributed by atoms with Gasteiger partial charge in [0.05, 0.1) is 5.69 Å². The molecule has 0 saturated heterocycles. The Bertz CT molecular complexity index is 476. The van der Waals surface area contributed by atoms with Crippen LogP contribution >= 0.6 is 15.9 Å². The minimum absolute atomic E-state index is 1.01. The Balaban J connectivity index is 2.00. The van der Waals surface area contributed by atoms with Crippen molar-refractivity contribution in [3.05, 3.63) is 40.1 Å². The molecule has 0 spiro atoms. The standard InChI is InChI=1S/C13H13BrN2/c14-10-7-5-9(6-8-10)13-15-11-3-1-2-4-12(11)16-13/h5-8H,1-4H2,(H,15,16). The van der Waals surface area contributed by atoms with Gasteiger partial charge in [0, 0.05) is 15.7 Å². The molecule has 0 aliphatic heterocycles. The van der Waals surface area contributed by atoms with Crippen LogP contribution in [0.25, 0.3) is 11.4 Å². The fraction of sp³-hybridized carbons (Fsp3) is 0.308. The number of benzene rings is 1. The van der Waals surface area contributed by atoms with Crippen molar-refractivity contribution in [2.24, 2.45) is 0 Å². The molecule has 0 amide bonds. The molecular formula is C13H13BrN2. The zero-order chi connectivity index (χ0) is 11.0. The lowest BCUT2D eigenvalue weighted by Crippen LogP contribution is -2.00. The third kappa shape index (κ3) is 1.80. The number of H-pyrrole nitrogens is 1. The van der Waals surface area contributed by atoms with Crippen LogP contribution in [0.15, 0.2) is 28.7 Å². The van der Waals surface area contributed by atoms with Crippen LogP contribution in [0.2, 0.25) is 0 Å². The molecule has 0 atom stereocenters. The summed E-state index contributed by atoms with van der Waals surface area (Å²) < 4.78 is 1.10. The summed E-state index contributed by atoms with van der Waals surface area (Å²) in [6.07, 6.45) is 4.84. The van der Waals surface area contributed by atoms with E-state index in [1.54, 1.807) is 0 Å². The zero-order valence-electron chi connectivity index (χ0n) is 8.96. The Hall–Kier alpha value is -1.09. The van der Waals surface area contributed by atoms with Gasteiger partial charge in [-0.1, -0.05) is 28.1 Å². The van der Waals surface area contributed by atoms with Crippen molar-refractivity contribution in [3.8, 4) is 11.4 Å². The molecule has 0 radical (unpaired) electrons. The predicted molar refractivity (Wildman–Crippen MR) is 68.4 cm³/mol. The molecule has 2 nitrogen and oxygen atoms in total. The van der Waals surface area contributed by atoms with Crippen LogP contribution in [0.3, 0.4) is 0 Å². The first-order valence-corrected chi connectivity index (χ1v) is 6.46. The van der Waals surface area contributed by atoms with Crippen molar-refractivity contribution in [1.29, 1.82) is 0 Å². The Labute approximate surface area is 103 Å². The Kier molecular flexibility index (Phi) is 2.56. The molecule has 1 aromatic heterocycles. The Morgan fingerprint density at radius 2 is 1.81 bits per heavy atom. The molecule has 1 N–H and O–H groups in total. The molecular weight excluding hydrogens is 264 g/mol. The molecule has 1 heterocycles. The Morgan fingerprint density at radius 3 is 2.56 bits per heavy atom. The minimum Gasteiger partial charge on any atom is -0.342 e. The van der Waals surface area contributed by atoms with E-state index in [1.807, 2.05) is 0 Å². The first kappa shape index (κ1) is 10.1. The van der Waals surface area contributed by atoms with Gasteiger partial charge in [-0.25, -0.2) is 4.98 Å². The first-order chi connectivity index (χ1) is 7.83. The van der Waals surface area contributed by atoms with E-state index in [9.17, 15) is 0 Å². The topological polar surface area (TPSA) is 28.7 Å².